The molecule has 5 nitrogen and oxygen atoms in total. The van der Waals surface area contributed by atoms with Crippen molar-refractivity contribution in [1.82, 2.24) is 9.29 Å². The molecule has 0 bridgehead atoms. The maximum atomic E-state index is 11.7. The third kappa shape index (κ3) is 2.93. The van der Waals surface area contributed by atoms with Gasteiger partial charge in [-0.1, -0.05) is 0 Å². The molecule has 1 aromatic heterocycles. The lowest BCUT2D eigenvalue weighted by Crippen LogP contribution is -2.37. The first-order chi connectivity index (χ1) is 11.5. The molecule has 2 aliphatic rings. The summed E-state index contributed by atoms with van der Waals surface area (Å²) in [6.07, 6.45) is 7.66. The summed E-state index contributed by atoms with van der Waals surface area (Å²) in [7, 11) is -3.07. The van der Waals surface area contributed by atoms with E-state index in [1.165, 1.54) is 41.3 Å². The molecule has 2 aliphatic heterocycles. The minimum absolute atomic E-state index is 0.434. The number of fused-ring (bicyclic) bond motifs is 1. The molecule has 24 heavy (non-hydrogen) atoms. The lowest BCUT2D eigenvalue weighted by atomic mass is 9.87. The maximum Gasteiger partial charge on any atom is 0.211 e. The zero-order valence-electron chi connectivity index (χ0n) is 14.2. The predicted molar refractivity (Wildman–Crippen MR) is 98.1 cm³/mol. The molecule has 130 valence electrons. The van der Waals surface area contributed by atoms with Gasteiger partial charge in [0, 0.05) is 49.0 Å². The van der Waals surface area contributed by atoms with Crippen LogP contribution < -0.4 is 4.90 Å². The fraction of sp³-hybridized carbons (Fsp3) is 0.556. The van der Waals surface area contributed by atoms with Crippen LogP contribution in [0.25, 0.3) is 10.9 Å². The zero-order chi connectivity index (χ0) is 16.7. The molecule has 0 atom stereocenters. The molecule has 3 heterocycles. The van der Waals surface area contributed by atoms with Crippen molar-refractivity contribution in [2.75, 3.05) is 37.3 Å². The van der Waals surface area contributed by atoms with Gasteiger partial charge in [-0.3, -0.25) is 0 Å². The van der Waals surface area contributed by atoms with E-state index in [0.717, 1.165) is 25.9 Å². The van der Waals surface area contributed by atoms with Crippen molar-refractivity contribution in [2.24, 2.45) is 0 Å². The number of H-pyrrole nitrogens is 1. The van der Waals surface area contributed by atoms with E-state index in [0.29, 0.717) is 19.0 Å². The molecular weight excluding hydrogens is 322 g/mol. The SMILES string of the molecule is CS(=O)(=O)N1CCC(c2cc(N3CCCC3)cc3[nH]ccc23)CC1. The lowest BCUT2D eigenvalue weighted by molar-refractivity contribution is 0.322. The Kier molecular flexibility index (Phi) is 4.04. The number of rotatable bonds is 3. The van der Waals surface area contributed by atoms with Gasteiger partial charge in [-0.25, -0.2) is 12.7 Å². The molecule has 2 aromatic rings. The Morgan fingerprint density at radius 1 is 1.08 bits per heavy atom. The maximum absolute atomic E-state index is 11.7. The second kappa shape index (κ2) is 6.08. The fourth-order valence-corrected chi connectivity index (χ4v) is 5.05. The molecule has 2 saturated heterocycles. The quantitative estimate of drug-likeness (QED) is 0.929. The van der Waals surface area contributed by atoms with Crippen LogP contribution in [0.4, 0.5) is 5.69 Å². The van der Waals surface area contributed by atoms with Crippen LogP contribution >= 0.6 is 0 Å². The van der Waals surface area contributed by atoms with E-state index in [1.807, 2.05) is 6.20 Å². The van der Waals surface area contributed by atoms with Gasteiger partial charge in [-0.05, 0) is 55.4 Å². The molecule has 0 radical (unpaired) electrons. The molecule has 1 aromatic carbocycles. The molecule has 0 saturated carbocycles. The van der Waals surface area contributed by atoms with Crippen molar-refractivity contribution in [1.29, 1.82) is 0 Å². The molecule has 1 N–H and O–H groups in total. The van der Waals surface area contributed by atoms with E-state index in [-0.39, 0.29) is 0 Å². The second-order valence-electron chi connectivity index (χ2n) is 7.10. The standard InChI is InChI=1S/C18H25N3O2S/c1-24(22,23)21-10-5-14(6-11-21)17-12-15(20-8-2-3-9-20)13-18-16(17)4-7-19-18/h4,7,12-14,19H,2-3,5-6,8-11H2,1H3. The van der Waals surface area contributed by atoms with Gasteiger partial charge in [-0.15, -0.1) is 0 Å². The molecule has 6 heteroatoms. The fourth-order valence-electron chi connectivity index (χ4n) is 4.17. The van der Waals surface area contributed by atoms with Crippen LogP contribution in [0, 0.1) is 0 Å². The van der Waals surface area contributed by atoms with Crippen LogP contribution in [0.1, 0.15) is 37.2 Å². The smallest absolute Gasteiger partial charge is 0.211 e. The van der Waals surface area contributed by atoms with Crippen molar-refractivity contribution in [3.05, 3.63) is 30.0 Å². The third-order valence-corrected chi connectivity index (χ3v) is 6.82. The number of nitrogens with zero attached hydrogens (tertiary/aromatic N) is 2. The third-order valence-electron chi connectivity index (χ3n) is 5.52. The first-order valence-corrected chi connectivity index (χ1v) is 10.7. The van der Waals surface area contributed by atoms with Gasteiger partial charge in [0.05, 0.1) is 6.26 Å². The number of piperidine rings is 1. The molecule has 0 unspecified atom stereocenters. The summed E-state index contributed by atoms with van der Waals surface area (Å²) in [5.41, 5.74) is 3.88. The van der Waals surface area contributed by atoms with E-state index in [1.54, 1.807) is 4.31 Å². The van der Waals surface area contributed by atoms with Crippen molar-refractivity contribution >= 4 is 26.6 Å². The Balaban J connectivity index is 1.65. The molecule has 0 amide bonds. The number of sulfonamides is 1. The number of hydrogen-bond donors (Lipinski definition) is 1. The van der Waals surface area contributed by atoms with Crippen LogP contribution in [0.2, 0.25) is 0 Å². The molecular formula is C18H25N3O2S. The predicted octanol–water partition coefficient (Wildman–Crippen LogP) is 2.91. The highest BCUT2D eigenvalue weighted by Crippen LogP contribution is 2.37. The molecule has 0 aliphatic carbocycles. The average molecular weight is 347 g/mol. The van der Waals surface area contributed by atoms with Crippen LogP contribution in [0.5, 0.6) is 0 Å². The molecule has 4 rings (SSSR count). The summed E-state index contributed by atoms with van der Waals surface area (Å²) in [6, 6.07) is 6.76. The van der Waals surface area contributed by atoms with Gasteiger partial charge in [0.25, 0.3) is 0 Å². The Morgan fingerprint density at radius 3 is 2.46 bits per heavy atom. The summed E-state index contributed by atoms with van der Waals surface area (Å²) in [5.74, 6) is 0.434. The van der Waals surface area contributed by atoms with E-state index in [2.05, 4.69) is 28.1 Å². The van der Waals surface area contributed by atoms with Crippen LogP contribution in [-0.4, -0.2) is 50.1 Å². The summed E-state index contributed by atoms with van der Waals surface area (Å²) < 4.78 is 25.1. The topological polar surface area (TPSA) is 56.4 Å². The lowest BCUT2D eigenvalue weighted by Gasteiger charge is -2.31. The van der Waals surface area contributed by atoms with E-state index < -0.39 is 10.0 Å². The summed E-state index contributed by atoms with van der Waals surface area (Å²) in [6.45, 7) is 3.53. The highest BCUT2D eigenvalue weighted by Gasteiger charge is 2.27. The van der Waals surface area contributed by atoms with Gasteiger partial charge >= 0.3 is 0 Å². The minimum atomic E-state index is -3.07. The van der Waals surface area contributed by atoms with Gasteiger partial charge in [-0.2, -0.15) is 0 Å². The summed E-state index contributed by atoms with van der Waals surface area (Å²) in [5, 5.41) is 1.29. The largest absolute Gasteiger partial charge is 0.371 e. The van der Waals surface area contributed by atoms with Crippen molar-refractivity contribution < 1.29 is 8.42 Å². The number of aromatic nitrogens is 1. The first-order valence-electron chi connectivity index (χ1n) is 8.83. The van der Waals surface area contributed by atoms with E-state index >= 15 is 0 Å². The second-order valence-corrected chi connectivity index (χ2v) is 9.09. The van der Waals surface area contributed by atoms with Crippen LogP contribution in [-0.2, 0) is 10.0 Å². The Labute approximate surface area is 143 Å². The monoisotopic (exact) mass is 347 g/mol. The summed E-state index contributed by atoms with van der Waals surface area (Å²) >= 11 is 0. The minimum Gasteiger partial charge on any atom is -0.371 e. The van der Waals surface area contributed by atoms with Crippen LogP contribution in [0.3, 0.4) is 0 Å². The normalized spacial score (nSPS) is 21.0. The highest BCUT2D eigenvalue weighted by molar-refractivity contribution is 7.88. The highest BCUT2D eigenvalue weighted by atomic mass is 32.2. The van der Waals surface area contributed by atoms with Gasteiger partial charge < -0.3 is 9.88 Å². The van der Waals surface area contributed by atoms with Gasteiger partial charge in [0.1, 0.15) is 0 Å². The average Bonchev–Trinajstić information content (AvgIpc) is 3.24. The molecule has 0 spiro atoms. The Hall–Kier alpha value is -1.53. The summed E-state index contributed by atoms with van der Waals surface area (Å²) in [4.78, 5) is 5.83. The number of aromatic amines is 1. The van der Waals surface area contributed by atoms with E-state index in [4.69, 9.17) is 0 Å². The van der Waals surface area contributed by atoms with Crippen molar-refractivity contribution in [3.8, 4) is 0 Å². The number of anilines is 1. The van der Waals surface area contributed by atoms with E-state index in [9.17, 15) is 8.42 Å². The number of benzene rings is 1. The first kappa shape index (κ1) is 16.0. The number of nitrogens with one attached hydrogen (secondary N) is 1. The molecule has 2 fully saturated rings. The Bertz CT molecular complexity index is 829. The van der Waals surface area contributed by atoms with Crippen molar-refractivity contribution in [2.45, 2.75) is 31.6 Å². The zero-order valence-corrected chi connectivity index (χ0v) is 15.0. The van der Waals surface area contributed by atoms with Crippen LogP contribution in [0.15, 0.2) is 24.4 Å². The Morgan fingerprint density at radius 2 is 1.79 bits per heavy atom. The van der Waals surface area contributed by atoms with Gasteiger partial charge in [0.2, 0.25) is 10.0 Å². The number of hydrogen-bond acceptors (Lipinski definition) is 3. The van der Waals surface area contributed by atoms with Gasteiger partial charge in [0.15, 0.2) is 0 Å². The van der Waals surface area contributed by atoms with Crippen molar-refractivity contribution in [3.63, 3.8) is 0 Å².